The number of esters is 1. The third-order valence-corrected chi connectivity index (χ3v) is 2.56. The van der Waals surface area contributed by atoms with E-state index in [-0.39, 0.29) is 5.97 Å². The molecule has 0 radical (unpaired) electrons. The minimum Gasteiger partial charge on any atom is -0.461 e. The predicted octanol–water partition coefficient (Wildman–Crippen LogP) is 0.812. The smallest absolute Gasteiger partial charge is 0.356 e. The van der Waals surface area contributed by atoms with E-state index in [1.54, 1.807) is 19.4 Å². The number of hydrogen-bond donors (Lipinski definition) is 1. The van der Waals surface area contributed by atoms with Gasteiger partial charge in [0.15, 0.2) is 0 Å². The Morgan fingerprint density at radius 2 is 2.50 bits per heavy atom. The fourth-order valence-corrected chi connectivity index (χ4v) is 1.55. The Morgan fingerprint density at radius 1 is 1.69 bits per heavy atom. The zero-order chi connectivity index (χ0) is 11.4. The third-order valence-electron chi connectivity index (χ3n) is 2.56. The fourth-order valence-electron chi connectivity index (χ4n) is 1.55. The summed E-state index contributed by atoms with van der Waals surface area (Å²) in [6.45, 7) is 3.82. The lowest BCUT2D eigenvalue weighted by molar-refractivity contribution is 0.0513. The first-order chi connectivity index (χ1) is 7.81. The highest BCUT2D eigenvalue weighted by molar-refractivity contribution is 5.87. The molecular weight excluding hydrogens is 206 g/mol. The number of aromatic nitrogens is 2. The van der Waals surface area contributed by atoms with Gasteiger partial charge in [0.05, 0.1) is 19.1 Å². The van der Waals surface area contributed by atoms with Gasteiger partial charge in [0.2, 0.25) is 0 Å². The summed E-state index contributed by atoms with van der Waals surface area (Å²) in [6, 6.07) is 0.689. The summed E-state index contributed by atoms with van der Waals surface area (Å²) in [4.78, 5) is 15.5. The highest BCUT2D eigenvalue weighted by Gasteiger charge is 2.20. The van der Waals surface area contributed by atoms with Crippen LogP contribution in [0.1, 0.15) is 30.3 Å². The molecule has 1 saturated carbocycles. The molecule has 0 amide bonds. The van der Waals surface area contributed by atoms with E-state index in [0.29, 0.717) is 18.3 Å². The zero-order valence-electron chi connectivity index (χ0n) is 9.48. The largest absolute Gasteiger partial charge is 0.461 e. The maximum Gasteiger partial charge on any atom is 0.356 e. The molecule has 1 fully saturated rings. The minimum absolute atomic E-state index is 0.300. The number of nitrogens with one attached hydrogen (secondary N) is 1. The van der Waals surface area contributed by atoms with E-state index in [0.717, 1.165) is 13.1 Å². The number of nitrogens with zero attached hydrogens (tertiary/aromatic N) is 2. The van der Waals surface area contributed by atoms with Crippen LogP contribution in [0.4, 0.5) is 0 Å². The number of hydrogen-bond acceptors (Lipinski definition) is 4. The van der Waals surface area contributed by atoms with Crippen LogP contribution < -0.4 is 5.32 Å². The van der Waals surface area contributed by atoms with Crippen molar-refractivity contribution >= 4 is 5.97 Å². The van der Waals surface area contributed by atoms with Gasteiger partial charge in [-0.3, -0.25) is 0 Å². The molecule has 0 aliphatic heterocycles. The van der Waals surface area contributed by atoms with Gasteiger partial charge in [0.25, 0.3) is 0 Å². The summed E-state index contributed by atoms with van der Waals surface area (Å²) in [6.07, 6.45) is 5.76. The van der Waals surface area contributed by atoms with Crippen molar-refractivity contribution in [3.05, 3.63) is 18.2 Å². The average molecular weight is 223 g/mol. The molecule has 0 bridgehead atoms. The molecule has 0 spiro atoms. The molecule has 0 saturated heterocycles. The van der Waals surface area contributed by atoms with Gasteiger partial charge in [-0.2, -0.15) is 0 Å². The molecule has 1 N–H and O–H groups in total. The Balaban J connectivity index is 1.86. The molecule has 1 aromatic rings. The summed E-state index contributed by atoms with van der Waals surface area (Å²) in [5, 5.41) is 3.39. The molecule has 5 nitrogen and oxygen atoms in total. The number of imidazole rings is 1. The average Bonchev–Trinajstić information content (AvgIpc) is 2.96. The Kier molecular flexibility index (Phi) is 3.56. The van der Waals surface area contributed by atoms with Crippen LogP contribution >= 0.6 is 0 Å². The van der Waals surface area contributed by atoms with Crippen molar-refractivity contribution < 1.29 is 9.53 Å². The lowest BCUT2D eigenvalue weighted by Crippen LogP contribution is -2.23. The van der Waals surface area contributed by atoms with Crippen molar-refractivity contribution in [2.24, 2.45) is 0 Å². The SMILES string of the molecule is CCOC(=O)c1cncn1CCNC1CC1. The van der Waals surface area contributed by atoms with Crippen LogP contribution in [0.15, 0.2) is 12.5 Å². The molecule has 1 aromatic heterocycles. The Bertz CT molecular complexity index is 358. The van der Waals surface area contributed by atoms with Crippen LogP contribution in [0, 0.1) is 0 Å². The predicted molar refractivity (Wildman–Crippen MR) is 59.2 cm³/mol. The quantitative estimate of drug-likeness (QED) is 0.725. The standard InChI is InChI=1S/C11H17N3O2/c1-2-16-11(15)10-7-12-8-14(10)6-5-13-9-3-4-9/h7-9,13H,2-6H2,1H3. The summed E-state index contributed by atoms with van der Waals surface area (Å²) in [5.41, 5.74) is 0.527. The molecule has 1 heterocycles. The minimum atomic E-state index is -0.300. The van der Waals surface area contributed by atoms with Crippen molar-refractivity contribution in [2.45, 2.75) is 32.4 Å². The monoisotopic (exact) mass is 223 g/mol. The van der Waals surface area contributed by atoms with E-state index >= 15 is 0 Å². The first kappa shape index (κ1) is 11.1. The van der Waals surface area contributed by atoms with E-state index in [9.17, 15) is 4.79 Å². The first-order valence-corrected chi connectivity index (χ1v) is 5.72. The van der Waals surface area contributed by atoms with E-state index in [1.807, 2.05) is 4.57 Å². The van der Waals surface area contributed by atoms with Crippen LogP contribution in [-0.4, -0.2) is 34.7 Å². The molecule has 2 rings (SSSR count). The van der Waals surface area contributed by atoms with Crippen molar-refractivity contribution in [3.63, 3.8) is 0 Å². The molecule has 1 aliphatic rings. The first-order valence-electron chi connectivity index (χ1n) is 5.72. The summed E-state index contributed by atoms with van der Waals surface area (Å²) in [7, 11) is 0. The van der Waals surface area contributed by atoms with E-state index in [2.05, 4.69) is 10.3 Å². The third kappa shape index (κ3) is 2.82. The fraction of sp³-hybridized carbons (Fsp3) is 0.636. The van der Waals surface area contributed by atoms with E-state index < -0.39 is 0 Å². The van der Waals surface area contributed by atoms with Crippen LogP contribution in [-0.2, 0) is 11.3 Å². The number of rotatable bonds is 6. The number of ether oxygens (including phenoxy) is 1. The highest BCUT2D eigenvalue weighted by atomic mass is 16.5. The van der Waals surface area contributed by atoms with Crippen molar-refractivity contribution in [2.75, 3.05) is 13.2 Å². The normalized spacial score (nSPS) is 15.1. The molecule has 16 heavy (non-hydrogen) atoms. The van der Waals surface area contributed by atoms with Gasteiger partial charge in [-0.15, -0.1) is 0 Å². The Hall–Kier alpha value is -1.36. The van der Waals surface area contributed by atoms with E-state index in [4.69, 9.17) is 4.74 Å². The Labute approximate surface area is 94.8 Å². The molecule has 0 aromatic carbocycles. The summed E-state index contributed by atoms with van der Waals surface area (Å²) in [5.74, 6) is -0.300. The lowest BCUT2D eigenvalue weighted by Gasteiger charge is -2.07. The van der Waals surface area contributed by atoms with Gasteiger partial charge >= 0.3 is 5.97 Å². The van der Waals surface area contributed by atoms with Crippen LogP contribution in [0.5, 0.6) is 0 Å². The number of carbonyl (C=O) groups is 1. The lowest BCUT2D eigenvalue weighted by atomic mass is 10.4. The van der Waals surface area contributed by atoms with Crippen molar-refractivity contribution in [1.29, 1.82) is 0 Å². The second-order valence-electron chi connectivity index (χ2n) is 3.92. The maximum absolute atomic E-state index is 11.5. The second-order valence-corrected chi connectivity index (χ2v) is 3.92. The second kappa shape index (κ2) is 5.12. The molecule has 1 aliphatic carbocycles. The Morgan fingerprint density at radius 3 is 3.19 bits per heavy atom. The van der Waals surface area contributed by atoms with Gasteiger partial charge in [0, 0.05) is 19.1 Å². The highest BCUT2D eigenvalue weighted by Crippen LogP contribution is 2.18. The number of carbonyl (C=O) groups excluding carboxylic acids is 1. The van der Waals surface area contributed by atoms with Crippen LogP contribution in [0.3, 0.4) is 0 Å². The molecule has 0 unspecified atom stereocenters. The summed E-state index contributed by atoms with van der Waals surface area (Å²) >= 11 is 0. The maximum atomic E-state index is 11.5. The topological polar surface area (TPSA) is 56.1 Å². The summed E-state index contributed by atoms with van der Waals surface area (Å²) < 4.78 is 6.77. The molecular formula is C11H17N3O2. The van der Waals surface area contributed by atoms with Crippen LogP contribution in [0.25, 0.3) is 0 Å². The van der Waals surface area contributed by atoms with E-state index in [1.165, 1.54) is 12.8 Å². The molecule has 88 valence electrons. The van der Waals surface area contributed by atoms with Gasteiger partial charge < -0.3 is 14.6 Å². The van der Waals surface area contributed by atoms with Crippen LogP contribution in [0.2, 0.25) is 0 Å². The zero-order valence-corrected chi connectivity index (χ0v) is 9.48. The van der Waals surface area contributed by atoms with Gasteiger partial charge in [0.1, 0.15) is 5.69 Å². The van der Waals surface area contributed by atoms with Crippen molar-refractivity contribution in [3.8, 4) is 0 Å². The molecule has 5 heteroatoms. The van der Waals surface area contributed by atoms with Gasteiger partial charge in [-0.05, 0) is 19.8 Å². The van der Waals surface area contributed by atoms with Gasteiger partial charge in [-0.1, -0.05) is 0 Å². The van der Waals surface area contributed by atoms with Gasteiger partial charge in [-0.25, -0.2) is 9.78 Å². The molecule has 0 atom stereocenters. The van der Waals surface area contributed by atoms with Crippen molar-refractivity contribution in [1.82, 2.24) is 14.9 Å².